The standard InChI is InChI=1S/C9H8INO2/c10-7-3-1-2-4-8(7)11-5-6-13-9(11)12/h1-4H,5-6H2. The number of benzene rings is 1. The summed E-state index contributed by atoms with van der Waals surface area (Å²) >= 11 is 2.21. The van der Waals surface area contributed by atoms with Gasteiger partial charge in [-0.15, -0.1) is 0 Å². The second-order valence-electron chi connectivity index (χ2n) is 2.72. The molecule has 0 unspecified atom stereocenters. The molecule has 3 nitrogen and oxygen atoms in total. The summed E-state index contributed by atoms with van der Waals surface area (Å²) in [7, 11) is 0. The molecule has 0 bridgehead atoms. The molecule has 13 heavy (non-hydrogen) atoms. The molecule has 0 aromatic heterocycles. The Balaban J connectivity index is 2.34. The summed E-state index contributed by atoms with van der Waals surface area (Å²) in [5.74, 6) is 0. The number of rotatable bonds is 1. The van der Waals surface area contributed by atoms with Crippen molar-refractivity contribution in [1.29, 1.82) is 0 Å². The van der Waals surface area contributed by atoms with Crippen LogP contribution in [0.1, 0.15) is 0 Å². The number of para-hydroxylation sites is 1. The van der Waals surface area contributed by atoms with Crippen LogP contribution in [0, 0.1) is 3.57 Å². The molecule has 1 fully saturated rings. The summed E-state index contributed by atoms with van der Waals surface area (Å²) in [5, 5.41) is 0. The number of halogens is 1. The maximum atomic E-state index is 11.2. The van der Waals surface area contributed by atoms with E-state index in [1.807, 2.05) is 24.3 Å². The molecule has 0 atom stereocenters. The van der Waals surface area contributed by atoms with Crippen LogP contribution in [-0.4, -0.2) is 19.2 Å². The van der Waals surface area contributed by atoms with Gasteiger partial charge in [0.15, 0.2) is 0 Å². The monoisotopic (exact) mass is 289 g/mol. The van der Waals surface area contributed by atoms with Crippen molar-refractivity contribution in [3.63, 3.8) is 0 Å². The Morgan fingerprint density at radius 2 is 2.15 bits per heavy atom. The smallest absolute Gasteiger partial charge is 0.414 e. The molecule has 0 N–H and O–H groups in total. The predicted molar refractivity (Wildman–Crippen MR) is 57.9 cm³/mol. The maximum Gasteiger partial charge on any atom is 0.414 e. The van der Waals surface area contributed by atoms with Crippen molar-refractivity contribution in [2.45, 2.75) is 0 Å². The summed E-state index contributed by atoms with van der Waals surface area (Å²) in [6, 6.07) is 7.77. The van der Waals surface area contributed by atoms with Gasteiger partial charge in [0.05, 0.1) is 12.2 Å². The van der Waals surface area contributed by atoms with Crippen LogP contribution >= 0.6 is 22.6 Å². The largest absolute Gasteiger partial charge is 0.447 e. The van der Waals surface area contributed by atoms with Gasteiger partial charge in [-0.1, -0.05) is 12.1 Å². The highest BCUT2D eigenvalue weighted by atomic mass is 127. The molecule has 1 aromatic carbocycles. The van der Waals surface area contributed by atoms with E-state index in [-0.39, 0.29) is 6.09 Å². The van der Waals surface area contributed by atoms with Crippen molar-refractivity contribution in [1.82, 2.24) is 0 Å². The molecular formula is C9H8INO2. The van der Waals surface area contributed by atoms with Gasteiger partial charge in [-0.05, 0) is 34.7 Å². The Morgan fingerprint density at radius 1 is 1.38 bits per heavy atom. The first-order valence-electron chi connectivity index (χ1n) is 3.98. The van der Waals surface area contributed by atoms with Crippen molar-refractivity contribution in [2.24, 2.45) is 0 Å². The van der Waals surface area contributed by atoms with Crippen molar-refractivity contribution in [3.8, 4) is 0 Å². The third-order valence-corrected chi connectivity index (χ3v) is 2.82. The molecule has 0 aliphatic carbocycles. The Morgan fingerprint density at radius 3 is 2.77 bits per heavy atom. The molecule has 1 heterocycles. The highest BCUT2D eigenvalue weighted by Crippen LogP contribution is 2.24. The molecule has 1 aromatic rings. The zero-order chi connectivity index (χ0) is 9.26. The van der Waals surface area contributed by atoms with Crippen LogP contribution in [0.5, 0.6) is 0 Å². The Hall–Kier alpha value is -0.780. The molecular weight excluding hydrogens is 281 g/mol. The molecule has 1 aliphatic heterocycles. The van der Waals surface area contributed by atoms with Gasteiger partial charge in [-0.25, -0.2) is 4.79 Å². The second kappa shape index (κ2) is 3.53. The number of anilines is 1. The highest BCUT2D eigenvalue weighted by Gasteiger charge is 2.24. The van der Waals surface area contributed by atoms with E-state index in [2.05, 4.69) is 22.6 Å². The fourth-order valence-electron chi connectivity index (χ4n) is 1.28. The first-order chi connectivity index (χ1) is 6.29. The topological polar surface area (TPSA) is 29.5 Å². The highest BCUT2D eigenvalue weighted by molar-refractivity contribution is 14.1. The van der Waals surface area contributed by atoms with Gasteiger partial charge >= 0.3 is 6.09 Å². The lowest BCUT2D eigenvalue weighted by Crippen LogP contribution is -2.24. The van der Waals surface area contributed by atoms with E-state index in [4.69, 9.17) is 4.74 Å². The van der Waals surface area contributed by atoms with Gasteiger partial charge in [0.1, 0.15) is 6.61 Å². The lowest BCUT2D eigenvalue weighted by atomic mass is 10.3. The lowest BCUT2D eigenvalue weighted by Gasteiger charge is -2.13. The van der Waals surface area contributed by atoms with E-state index in [0.29, 0.717) is 13.2 Å². The van der Waals surface area contributed by atoms with Crippen LogP contribution in [0.3, 0.4) is 0 Å². The van der Waals surface area contributed by atoms with Crippen molar-refractivity contribution >= 4 is 34.4 Å². The number of ether oxygens (including phenoxy) is 1. The summed E-state index contributed by atoms with van der Waals surface area (Å²) in [4.78, 5) is 12.9. The maximum absolute atomic E-state index is 11.2. The molecule has 1 saturated heterocycles. The SMILES string of the molecule is O=C1OCCN1c1ccccc1I. The Kier molecular flexibility index (Phi) is 2.39. The number of hydrogen-bond acceptors (Lipinski definition) is 2. The minimum Gasteiger partial charge on any atom is -0.447 e. The van der Waals surface area contributed by atoms with Crippen molar-refractivity contribution in [3.05, 3.63) is 27.8 Å². The van der Waals surface area contributed by atoms with Crippen molar-refractivity contribution < 1.29 is 9.53 Å². The summed E-state index contributed by atoms with van der Waals surface area (Å²) in [5.41, 5.74) is 0.936. The summed E-state index contributed by atoms with van der Waals surface area (Å²) < 4.78 is 5.93. The van der Waals surface area contributed by atoms with E-state index in [9.17, 15) is 4.79 Å². The number of amides is 1. The van der Waals surface area contributed by atoms with Crippen LogP contribution in [0.15, 0.2) is 24.3 Å². The van der Waals surface area contributed by atoms with E-state index in [1.165, 1.54) is 0 Å². The third-order valence-electron chi connectivity index (χ3n) is 1.90. The fourth-order valence-corrected chi connectivity index (χ4v) is 1.96. The average Bonchev–Trinajstić information content (AvgIpc) is 2.52. The van der Waals surface area contributed by atoms with Gasteiger partial charge in [-0.2, -0.15) is 0 Å². The first kappa shape index (κ1) is 8.80. The van der Waals surface area contributed by atoms with Gasteiger partial charge in [0.2, 0.25) is 0 Å². The van der Waals surface area contributed by atoms with Crippen LogP contribution < -0.4 is 4.90 Å². The quantitative estimate of drug-likeness (QED) is 0.742. The third kappa shape index (κ3) is 1.63. The molecule has 68 valence electrons. The van der Waals surface area contributed by atoms with E-state index >= 15 is 0 Å². The van der Waals surface area contributed by atoms with Gasteiger partial charge in [-0.3, -0.25) is 4.90 Å². The number of carbonyl (C=O) groups is 1. The van der Waals surface area contributed by atoms with Crippen LogP contribution in [0.25, 0.3) is 0 Å². The summed E-state index contributed by atoms with van der Waals surface area (Å²) in [6.45, 7) is 1.14. The molecule has 0 spiro atoms. The summed E-state index contributed by atoms with van der Waals surface area (Å²) in [6.07, 6.45) is -0.246. The molecule has 1 amide bonds. The number of hydrogen-bond donors (Lipinski definition) is 0. The average molecular weight is 289 g/mol. The fraction of sp³-hybridized carbons (Fsp3) is 0.222. The number of carbonyl (C=O) groups excluding carboxylic acids is 1. The normalized spacial score (nSPS) is 16.1. The van der Waals surface area contributed by atoms with Crippen LogP contribution in [0.2, 0.25) is 0 Å². The lowest BCUT2D eigenvalue weighted by molar-refractivity contribution is 0.181. The molecule has 4 heteroatoms. The molecule has 0 radical (unpaired) electrons. The Bertz CT molecular complexity index is 340. The molecule has 1 aliphatic rings. The molecule has 2 rings (SSSR count). The first-order valence-corrected chi connectivity index (χ1v) is 5.06. The predicted octanol–water partition coefficient (Wildman–Crippen LogP) is 2.25. The Labute approximate surface area is 89.8 Å². The van der Waals surface area contributed by atoms with E-state index < -0.39 is 0 Å². The van der Waals surface area contributed by atoms with Gasteiger partial charge in [0, 0.05) is 3.57 Å². The zero-order valence-corrected chi connectivity index (χ0v) is 9.02. The molecule has 0 saturated carbocycles. The minimum atomic E-state index is -0.246. The van der Waals surface area contributed by atoms with Gasteiger partial charge in [0.25, 0.3) is 0 Å². The second-order valence-corrected chi connectivity index (χ2v) is 3.88. The number of cyclic esters (lactones) is 1. The van der Waals surface area contributed by atoms with E-state index in [0.717, 1.165) is 9.26 Å². The van der Waals surface area contributed by atoms with Crippen LogP contribution in [-0.2, 0) is 4.74 Å². The van der Waals surface area contributed by atoms with Crippen LogP contribution in [0.4, 0.5) is 10.5 Å². The number of nitrogens with zero attached hydrogens (tertiary/aromatic N) is 1. The zero-order valence-electron chi connectivity index (χ0n) is 6.87. The minimum absolute atomic E-state index is 0.246. The van der Waals surface area contributed by atoms with Gasteiger partial charge < -0.3 is 4.74 Å². The van der Waals surface area contributed by atoms with E-state index in [1.54, 1.807) is 4.90 Å². The van der Waals surface area contributed by atoms with Crippen molar-refractivity contribution in [2.75, 3.05) is 18.1 Å².